The minimum atomic E-state index is 0.000755. The van der Waals surface area contributed by atoms with E-state index in [2.05, 4.69) is 0 Å². The molecule has 0 aliphatic rings. The van der Waals surface area contributed by atoms with E-state index < -0.39 is 0 Å². The van der Waals surface area contributed by atoms with Crippen molar-refractivity contribution in [3.63, 3.8) is 0 Å². The molecule has 0 unspecified atom stereocenters. The van der Waals surface area contributed by atoms with Gasteiger partial charge in [0.05, 0.1) is 0 Å². The van der Waals surface area contributed by atoms with Gasteiger partial charge in [0, 0.05) is 47.6 Å². The van der Waals surface area contributed by atoms with Crippen LogP contribution >= 0.6 is 0 Å². The Hall–Kier alpha value is -0.650. The second-order valence-electron chi connectivity index (χ2n) is 4.01. The van der Waals surface area contributed by atoms with E-state index in [-0.39, 0.29) is 12.5 Å². The topological polar surface area (TPSA) is 48.0 Å². The van der Waals surface area contributed by atoms with Crippen molar-refractivity contribution < 1.29 is 19.0 Å². The number of hydrogen-bond donors (Lipinski definition) is 0. The van der Waals surface area contributed by atoms with Crippen LogP contribution in [0.1, 0.15) is 19.3 Å². The summed E-state index contributed by atoms with van der Waals surface area (Å²) < 4.78 is 15.5. The lowest BCUT2D eigenvalue weighted by Crippen LogP contribution is -2.26. The first-order chi connectivity index (χ1) is 8.18. The van der Waals surface area contributed by atoms with Gasteiger partial charge in [-0.05, 0) is 19.3 Å². The number of amides is 1. The van der Waals surface area contributed by atoms with Crippen molar-refractivity contribution in [2.24, 2.45) is 0 Å². The molecule has 0 rings (SSSR count). The molecule has 0 aliphatic heterocycles. The summed E-state index contributed by atoms with van der Waals surface area (Å²) in [6, 6.07) is 0. The minimum Gasteiger partial charge on any atom is -0.385 e. The first-order valence-electron chi connectivity index (χ1n) is 6.03. The van der Waals surface area contributed by atoms with Crippen molar-refractivity contribution in [1.29, 1.82) is 0 Å². The van der Waals surface area contributed by atoms with Crippen LogP contribution in [0.15, 0.2) is 0 Å². The van der Waals surface area contributed by atoms with E-state index in [1.165, 1.54) is 4.90 Å². The van der Waals surface area contributed by atoms with Crippen LogP contribution < -0.4 is 0 Å². The van der Waals surface area contributed by atoms with Crippen LogP contribution in [0.25, 0.3) is 0 Å². The summed E-state index contributed by atoms with van der Waals surface area (Å²) in [4.78, 5) is 12.7. The molecule has 0 saturated heterocycles. The summed E-state index contributed by atoms with van der Waals surface area (Å²) in [5, 5.41) is 0. The second kappa shape index (κ2) is 11.8. The highest BCUT2D eigenvalue weighted by atomic mass is 16.5. The van der Waals surface area contributed by atoms with Crippen molar-refractivity contribution in [3.8, 4) is 0 Å². The van der Waals surface area contributed by atoms with E-state index in [9.17, 15) is 4.79 Å². The zero-order valence-electron chi connectivity index (χ0n) is 11.2. The van der Waals surface area contributed by atoms with Gasteiger partial charge in [0.2, 0.25) is 5.91 Å². The third-order valence-corrected chi connectivity index (χ3v) is 2.19. The molecule has 0 aromatic rings. The van der Waals surface area contributed by atoms with Gasteiger partial charge < -0.3 is 19.1 Å². The fourth-order valence-electron chi connectivity index (χ4n) is 1.10. The van der Waals surface area contributed by atoms with E-state index in [0.717, 1.165) is 39.1 Å². The smallest absolute Gasteiger partial charge is 0.248 e. The minimum absolute atomic E-state index is 0.000755. The average Bonchev–Trinajstić information content (AvgIpc) is 2.31. The van der Waals surface area contributed by atoms with Gasteiger partial charge in [-0.25, -0.2) is 0 Å². The molecule has 0 spiro atoms. The second-order valence-corrected chi connectivity index (χ2v) is 4.01. The molecule has 1 amide bonds. The molecule has 0 bridgehead atoms. The van der Waals surface area contributed by atoms with Gasteiger partial charge in [-0.3, -0.25) is 4.79 Å². The zero-order valence-corrected chi connectivity index (χ0v) is 11.2. The number of carbonyl (C=O) groups excluding carboxylic acids is 1. The molecule has 0 radical (unpaired) electrons. The Balaban J connectivity index is 3.06. The number of carbonyl (C=O) groups is 1. The Bertz CT molecular complexity index is 185. The highest BCUT2D eigenvalue weighted by Crippen LogP contribution is 1.93. The van der Waals surface area contributed by atoms with Crippen LogP contribution in [-0.4, -0.2) is 65.0 Å². The third-order valence-electron chi connectivity index (χ3n) is 2.19. The number of unbranched alkanes of at least 4 members (excludes halogenated alkanes) is 1. The van der Waals surface area contributed by atoms with E-state index in [0.29, 0.717) is 6.61 Å². The molecule has 0 atom stereocenters. The van der Waals surface area contributed by atoms with Crippen LogP contribution in [0.3, 0.4) is 0 Å². The van der Waals surface area contributed by atoms with Crippen LogP contribution in [0.4, 0.5) is 0 Å². The molecule has 5 nitrogen and oxygen atoms in total. The quantitative estimate of drug-likeness (QED) is 0.510. The first kappa shape index (κ1) is 16.4. The van der Waals surface area contributed by atoms with Crippen molar-refractivity contribution in [2.45, 2.75) is 19.3 Å². The lowest BCUT2D eigenvalue weighted by atomic mass is 10.3. The highest BCUT2D eigenvalue weighted by molar-refractivity contribution is 5.76. The number of likely N-dealkylation sites (N-methyl/N-ethyl adjacent to an activating group) is 1. The maximum Gasteiger partial charge on any atom is 0.248 e. The largest absolute Gasteiger partial charge is 0.385 e. The Labute approximate surface area is 104 Å². The number of methoxy groups -OCH3 is 1. The number of ether oxygens (including phenoxy) is 3. The van der Waals surface area contributed by atoms with Crippen molar-refractivity contribution >= 4 is 5.91 Å². The lowest BCUT2D eigenvalue weighted by Gasteiger charge is -2.10. The van der Waals surface area contributed by atoms with Crippen molar-refractivity contribution in [2.75, 3.05) is 54.2 Å². The summed E-state index contributed by atoms with van der Waals surface area (Å²) in [6.45, 7) is 3.01. The Kier molecular flexibility index (Phi) is 11.4. The van der Waals surface area contributed by atoms with Crippen LogP contribution in [-0.2, 0) is 19.0 Å². The third kappa shape index (κ3) is 11.6. The first-order valence-corrected chi connectivity index (χ1v) is 6.03. The number of hydrogen-bond acceptors (Lipinski definition) is 4. The molecule has 0 aromatic heterocycles. The molecule has 0 aliphatic carbocycles. The van der Waals surface area contributed by atoms with E-state index >= 15 is 0 Å². The summed E-state index contributed by atoms with van der Waals surface area (Å²) in [5.41, 5.74) is 0. The van der Waals surface area contributed by atoms with Gasteiger partial charge in [0.1, 0.15) is 6.61 Å². The highest BCUT2D eigenvalue weighted by Gasteiger charge is 2.02. The Morgan fingerprint density at radius 1 is 0.941 bits per heavy atom. The molecular formula is C12H25NO4. The Morgan fingerprint density at radius 2 is 1.53 bits per heavy atom. The van der Waals surface area contributed by atoms with E-state index in [1.54, 1.807) is 21.2 Å². The normalized spacial score (nSPS) is 10.5. The zero-order chi connectivity index (χ0) is 12.9. The summed E-state index contributed by atoms with van der Waals surface area (Å²) in [5.74, 6) is 0.000755. The fourth-order valence-corrected chi connectivity index (χ4v) is 1.10. The maximum absolute atomic E-state index is 11.1. The molecule has 0 heterocycles. The van der Waals surface area contributed by atoms with Crippen molar-refractivity contribution in [3.05, 3.63) is 0 Å². The van der Waals surface area contributed by atoms with Gasteiger partial charge in [-0.15, -0.1) is 0 Å². The number of rotatable bonds is 11. The van der Waals surface area contributed by atoms with E-state index in [4.69, 9.17) is 14.2 Å². The van der Waals surface area contributed by atoms with Gasteiger partial charge in [0.15, 0.2) is 0 Å². The van der Waals surface area contributed by atoms with E-state index in [1.807, 2.05) is 0 Å². The molecule has 0 saturated carbocycles. The Morgan fingerprint density at radius 3 is 2.12 bits per heavy atom. The predicted molar refractivity (Wildman–Crippen MR) is 66.1 cm³/mol. The molecule has 0 fully saturated rings. The SMILES string of the molecule is COCCCOCCCCOCC(=O)N(C)C. The predicted octanol–water partition coefficient (Wildman–Crippen LogP) is 0.925. The number of nitrogens with zero attached hydrogens (tertiary/aromatic N) is 1. The summed E-state index contributed by atoms with van der Waals surface area (Å²) in [6.07, 6.45) is 2.82. The van der Waals surface area contributed by atoms with Gasteiger partial charge in [-0.1, -0.05) is 0 Å². The van der Waals surface area contributed by atoms with Crippen molar-refractivity contribution in [1.82, 2.24) is 4.90 Å². The monoisotopic (exact) mass is 247 g/mol. The molecule has 0 N–H and O–H groups in total. The average molecular weight is 247 g/mol. The molecule has 102 valence electrons. The standard InChI is InChI=1S/C12H25NO4/c1-13(2)12(14)11-17-9-5-4-8-16-10-6-7-15-3/h4-11H2,1-3H3. The molecular weight excluding hydrogens is 222 g/mol. The molecule has 17 heavy (non-hydrogen) atoms. The van der Waals surface area contributed by atoms with Gasteiger partial charge >= 0.3 is 0 Å². The van der Waals surface area contributed by atoms with Crippen LogP contribution in [0.5, 0.6) is 0 Å². The maximum atomic E-state index is 11.1. The van der Waals surface area contributed by atoms with Gasteiger partial charge in [-0.2, -0.15) is 0 Å². The molecule has 0 aromatic carbocycles. The summed E-state index contributed by atoms with van der Waals surface area (Å²) in [7, 11) is 5.13. The van der Waals surface area contributed by atoms with Crippen LogP contribution in [0.2, 0.25) is 0 Å². The lowest BCUT2D eigenvalue weighted by molar-refractivity contribution is -0.133. The van der Waals surface area contributed by atoms with Gasteiger partial charge in [0.25, 0.3) is 0 Å². The molecule has 5 heteroatoms. The van der Waals surface area contributed by atoms with Crippen LogP contribution in [0, 0.1) is 0 Å². The fraction of sp³-hybridized carbons (Fsp3) is 0.917. The summed E-state index contributed by atoms with van der Waals surface area (Å²) >= 11 is 0.